The second-order valence-corrected chi connectivity index (χ2v) is 11.8. The van der Waals surface area contributed by atoms with Gasteiger partial charge >= 0.3 is 0 Å². The topological polar surface area (TPSA) is 76.1 Å². The number of benzene rings is 3. The molecule has 0 amide bonds. The first kappa shape index (κ1) is 25.4. The van der Waals surface area contributed by atoms with Gasteiger partial charge in [-0.3, -0.25) is 4.90 Å². The molecule has 3 aromatic rings. The minimum absolute atomic E-state index is 0.227. The van der Waals surface area contributed by atoms with Gasteiger partial charge in [-0.1, -0.05) is 18.6 Å². The minimum Gasteiger partial charge on any atom is -0.508 e. The maximum absolute atomic E-state index is 11.9. The van der Waals surface area contributed by atoms with Crippen LogP contribution in [0.4, 0.5) is 0 Å². The van der Waals surface area contributed by atoms with Gasteiger partial charge in [0.2, 0.25) is 0 Å². The standard InChI is InChI=1S/C30H33NO5S/c1-37(33,34)27-13-5-22(6-14-27)28-15-7-23-21-24(32)8-16-29(23)30(28)36-26-11-9-25(10-12-26)35-20-19-31-17-3-2-4-18-31/h5-6,8-14,16,21,32H,2-4,7,15,17-20H2,1H3. The third kappa shape index (κ3) is 6.17. The van der Waals surface area contributed by atoms with Crippen LogP contribution in [0.3, 0.4) is 0 Å². The zero-order valence-electron chi connectivity index (χ0n) is 21.2. The Morgan fingerprint density at radius 3 is 2.27 bits per heavy atom. The quantitative estimate of drug-likeness (QED) is 0.420. The van der Waals surface area contributed by atoms with Crippen molar-refractivity contribution in [3.63, 3.8) is 0 Å². The van der Waals surface area contributed by atoms with Gasteiger partial charge in [0.1, 0.15) is 29.6 Å². The molecule has 1 N–H and O–H groups in total. The molecule has 7 heteroatoms. The number of nitrogens with zero attached hydrogens (tertiary/aromatic N) is 1. The smallest absolute Gasteiger partial charge is 0.175 e. The molecule has 1 aliphatic heterocycles. The number of allylic oxidation sites excluding steroid dienone is 1. The number of aryl methyl sites for hydroxylation is 1. The van der Waals surface area contributed by atoms with E-state index in [0.29, 0.717) is 24.5 Å². The average Bonchev–Trinajstić information content (AvgIpc) is 2.90. The normalized spacial score (nSPS) is 16.4. The first-order valence-electron chi connectivity index (χ1n) is 12.9. The number of hydrogen-bond acceptors (Lipinski definition) is 6. The average molecular weight is 520 g/mol. The lowest BCUT2D eigenvalue weighted by atomic mass is 9.87. The Morgan fingerprint density at radius 2 is 1.57 bits per heavy atom. The number of piperidine rings is 1. The van der Waals surface area contributed by atoms with Gasteiger partial charge in [0, 0.05) is 23.9 Å². The van der Waals surface area contributed by atoms with Gasteiger partial charge in [0.15, 0.2) is 9.84 Å². The highest BCUT2D eigenvalue weighted by atomic mass is 32.2. The number of aromatic hydroxyl groups is 1. The summed E-state index contributed by atoms with van der Waals surface area (Å²) in [5.74, 6) is 2.44. The summed E-state index contributed by atoms with van der Waals surface area (Å²) in [5, 5.41) is 10.0. The van der Waals surface area contributed by atoms with Crippen LogP contribution in [0.5, 0.6) is 17.2 Å². The first-order valence-corrected chi connectivity index (χ1v) is 14.7. The third-order valence-corrected chi connectivity index (χ3v) is 8.18. The molecule has 0 aromatic heterocycles. The van der Waals surface area contributed by atoms with Crippen LogP contribution in [-0.2, 0) is 16.3 Å². The minimum atomic E-state index is -3.27. The summed E-state index contributed by atoms with van der Waals surface area (Å²) in [6.45, 7) is 3.92. The highest BCUT2D eigenvalue weighted by Crippen LogP contribution is 2.39. The largest absolute Gasteiger partial charge is 0.508 e. The Morgan fingerprint density at radius 1 is 0.865 bits per heavy atom. The number of phenolic OH excluding ortho intramolecular Hbond substituents is 1. The SMILES string of the molecule is CS(=O)(=O)c1ccc(C2=C(Oc3ccc(OCCN4CCCCC4)cc3)c3ccc(O)cc3CC2)cc1. The van der Waals surface area contributed by atoms with Crippen LogP contribution in [0.15, 0.2) is 71.6 Å². The molecular weight excluding hydrogens is 486 g/mol. The van der Waals surface area contributed by atoms with Crippen LogP contribution >= 0.6 is 0 Å². The summed E-state index contributed by atoms with van der Waals surface area (Å²) in [7, 11) is -3.27. The summed E-state index contributed by atoms with van der Waals surface area (Å²) in [6.07, 6.45) is 6.54. The fraction of sp³-hybridized carbons (Fsp3) is 0.333. The predicted molar refractivity (Wildman–Crippen MR) is 146 cm³/mol. The van der Waals surface area contributed by atoms with E-state index >= 15 is 0 Å². The molecule has 1 heterocycles. The second kappa shape index (κ2) is 11.0. The summed E-state index contributed by atoms with van der Waals surface area (Å²) >= 11 is 0. The van der Waals surface area contributed by atoms with Crippen LogP contribution < -0.4 is 9.47 Å². The van der Waals surface area contributed by atoms with Gasteiger partial charge in [-0.15, -0.1) is 0 Å². The fourth-order valence-corrected chi connectivity index (χ4v) is 5.67. The molecule has 1 aliphatic carbocycles. The van der Waals surface area contributed by atoms with Crippen molar-refractivity contribution in [1.29, 1.82) is 0 Å². The molecular formula is C30H33NO5S. The molecule has 0 bridgehead atoms. The van der Waals surface area contributed by atoms with Crippen molar-refractivity contribution in [2.45, 2.75) is 37.0 Å². The number of fused-ring (bicyclic) bond motifs is 1. The molecule has 3 aromatic carbocycles. The lowest BCUT2D eigenvalue weighted by molar-refractivity contribution is 0.183. The zero-order valence-corrected chi connectivity index (χ0v) is 22.0. The van der Waals surface area contributed by atoms with Crippen LogP contribution in [0.2, 0.25) is 0 Å². The van der Waals surface area contributed by atoms with Crippen LogP contribution in [0.1, 0.15) is 42.4 Å². The van der Waals surface area contributed by atoms with E-state index in [1.54, 1.807) is 24.3 Å². The number of likely N-dealkylation sites (tertiary alicyclic amines) is 1. The summed E-state index contributed by atoms with van der Waals surface area (Å²) in [6, 6.07) is 19.9. The highest BCUT2D eigenvalue weighted by molar-refractivity contribution is 7.90. The molecule has 2 aliphatic rings. The summed E-state index contributed by atoms with van der Waals surface area (Å²) in [5.41, 5.74) is 3.86. The third-order valence-electron chi connectivity index (χ3n) is 7.05. The molecule has 1 fully saturated rings. The monoisotopic (exact) mass is 519 g/mol. The first-order chi connectivity index (χ1) is 17.9. The van der Waals surface area contributed by atoms with Gasteiger partial charge in [-0.2, -0.15) is 0 Å². The molecule has 0 atom stereocenters. The molecule has 6 nitrogen and oxygen atoms in total. The second-order valence-electron chi connectivity index (χ2n) is 9.77. The Labute approximate surface area is 219 Å². The van der Waals surface area contributed by atoms with Gasteiger partial charge in [0.25, 0.3) is 0 Å². The van der Waals surface area contributed by atoms with E-state index in [-0.39, 0.29) is 10.6 Å². The molecule has 194 valence electrons. The summed E-state index contributed by atoms with van der Waals surface area (Å²) < 4.78 is 36.3. The summed E-state index contributed by atoms with van der Waals surface area (Å²) in [4.78, 5) is 2.74. The van der Waals surface area contributed by atoms with E-state index in [1.807, 2.05) is 42.5 Å². The number of ether oxygens (including phenoxy) is 2. The van der Waals surface area contributed by atoms with Crippen LogP contribution in [0, 0.1) is 0 Å². The van der Waals surface area contributed by atoms with Crippen molar-refractivity contribution in [1.82, 2.24) is 4.90 Å². The van der Waals surface area contributed by atoms with Crippen molar-refractivity contribution < 1.29 is 23.0 Å². The number of hydrogen-bond donors (Lipinski definition) is 1. The van der Waals surface area contributed by atoms with Crippen molar-refractivity contribution in [3.05, 3.63) is 83.4 Å². The van der Waals surface area contributed by atoms with Crippen LogP contribution in [0.25, 0.3) is 11.3 Å². The maximum atomic E-state index is 11.9. The maximum Gasteiger partial charge on any atom is 0.175 e. The Hall–Kier alpha value is -3.29. The Kier molecular flexibility index (Phi) is 7.53. The predicted octanol–water partition coefficient (Wildman–Crippen LogP) is 5.55. The fourth-order valence-electron chi connectivity index (χ4n) is 5.04. The van der Waals surface area contributed by atoms with Crippen LogP contribution in [-0.4, -0.2) is 50.9 Å². The van der Waals surface area contributed by atoms with Crippen molar-refractivity contribution in [3.8, 4) is 17.2 Å². The number of phenols is 1. The molecule has 0 radical (unpaired) electrons. The van der Waals surface area contributed by atoms with E-state index in [9.17, 15) is 13.5 Å². The molecule has 5 rings (SSSR count). The molecule has 0 unspecified atom stereocenters. The Balaban J connectivity index is 1.37. The molecule has 0 spiro atoms. The highest BCUT2D eigenvalue weighted by Gasteiger charge is 2.23. The van der Waals surface area contributed by atoms with E-state index in [2.05, 4.69) is 4.90 Å². The van der Waals surface area contributed by atoms with Gasteiger partial charge in [-0.05, 0) is 104 Å². The van der Waals surface area contributed by atoms with Gasteiger partial charge in [-0.25, -0.2) is 8.42 Å². The van der Waals surface area contributed by atoms with Crippen molar-refractivity contribution in [2.75, 3.05) is 32.5 Å². The van der Waals surface area contributed by atoms with E-state index in [0.717, 1.165) is 54.1 Å². The van der Waals surface area contributed by atoms with Gasteiger partial charge in [0.05, 0.1) is 4.90 Å². The molecule has 0 saturated carbocycles. The Bertz CT molecular complexity index is 1370. The number of sulfone groups is 1. The van der Waals surface area contributed by atoms with Gasteiger partial charge < -0.3 is 14.6 Å². The van der Waals surface area contributed by atoms with Crippen molar-refractivity contribution >= 4 is 21.2 Å². The molecule has 37 heavy (non-hydrogen) atoms. The van der Waals surface area contributed by atoms with Crippen molar-refractivity contribution in [2.24, 2.45) is 0 Å². The number of rotatable bonds is 8. The zero-order chi connectivity index (χ0) is 25.8. The lowest BCUT2D eigenvalue weighted by Crippen LogP contribution is -2.33. The lowest BCUT2D eigenvalue weighted by Gasteiger charge is -2.26. The van der Waals surface area contributed by atoms with E-state index < -0.39 is 9.84 Å². The van der Waals surface area contributed by atoms with E-state index in [1.165, 1.54) is 25.5 Å². The molecule has 1 saturated heterocycles. The van der Waals surface area contributed by atoms with E-state index in [4.69, 9.17) is 9.47 Å².